The fraction of sp³-hybridized carbons (Fsp3) is 0.571. The number of piperidine rings is 1. The van der Waals surface area contributed by atoms with E-state index in [2.05, 4.69) is 22.5 Å². The molecule has 2 rings (SSSR count). The number of aromatic nitrogens is 1. The number of esters is 1. The van der Waals surface area contributed by atoms with E-state index in [1.165, 1.54) is 20.0 Å². The minimum absolute atomic E-state index is 0.270. The SMILES string of the molecule is COC(=O)c1cccnc1NC(C)C1CCCNC1. The Balaban J connectivity index is 2.07. The molecule has 0 spiro atoms. The summed E-state index contributed by atoms with van der Waals surface area (Å²) in [7, 11) is 1.38. The molecular weight excluding hydrogens is 242 g/mol. The standard InChI is InChI=1S/C14H21N3O2/c1-10(11-5-3-7-15-9-11)17-13-12(14(18)19-2)6-4-8-16-13/h4,6,8,10-11,15H,3,5,7,9H2,1-2H3,(H,16,17). The predicted octanol–water partition coefficient (Wildman–Crippen LogP) is 1.67. The van der Waals surface area contributed by atoms with E-state index < -0.39 is 0 Å². The zero-order valence-electron chi connectivity index (χ0n) is 11.5. The molecule has 0 aliphatic carbocycles. The number of methoxy groups -OCH3 is 1. The van der Waals surface area contributed by atoms with Gasteiger partial charge in [-0.05, 0) is 50.9 Å². The minimum atomic E-state index is -0.357. The zero-order valence-corrected chi connectivity index (χ0v) is 11.5. The molecule has 5 heteroatoms. The van der Waals surface area contributed by atoms with Crippen LogP contribution in [0.4, 0.5) is 5.82 Å². The molecule has 2 N–H and O–H groups in total. The van der Waals surface area contributed by atoms with Crippen molar-refractivity contribution < 1.29 is 9.53 Å². The normalized spacial score (nSPS) is 20.6. The summed E-state index contributed by atoms with van der Waals surface area (Å²) in [5.74, 6) is 0.804. The molecule has 5 nitrogen and oxygen atoms in total. The van der Waals surface area contributed by atoms with Gasteiger partial charge in [-0.15, -0.1) is 0 Å². The van der Waals surface area contributed by atoms with E-state index in [1.54, 1.807) is 18.3 Å². The van der Waals surface area contributed by atoms with Crippen LogP contribution in [0.25, 0.3) is 0 Å². The Bertz CT molecular complexity index is 430. The Hall–Kier alpha value is -1.62. The summed E-state index contributed by atoms with van der Waals surface area (Å²) in [6.07, 6.45) is 4.07. The summed E-state index contributed by atoms with van der Waals surface area (Å²) in [5.41, 5.74) is 0.487. The number of carbonyl (C=O) groups is 1. The van der Waals surface area contributed by atoms with Gasteiger partial charge in [-0.3, -0.25) is 0 Å². The van der Waals surface area contributed by atoms with E-state index in [0.29, 0.717) is 17.3 Å². The Labute approximate surface area is 113 Å². The minimum Gasteiger partial charge on any atom is -0.465 e. The second-order valence-corrected chi connectivity index (χ2v) is 4.93. The first-order valence-corrected chi connectivity index (χ1v) is 6.73. The van der Waals surface area contributed by atoms with E-state index in [4.69, 9.17) is 4.74 Å². The first-order chi connectivity index (χ1) is 9.22. The van der Waals surface area contributed by atoms with Crippen LogP contribution >= 0.6 is 0 Å². The molecule has 2 unspecified atom stereocenters. The van der Waals surface area contributed by atoms with Crippen LogP contribution in [0.2, 0.25) is 0 Å². The third kappa shape index (κ3) is 3.44. The summed E-state index contributed by atoms with van der Waals surface area (Å²) < 4.78 is 4.77. The van der Waals surface area contributed by atoms with Gasteiger partial charge < -0.3 is 15.4 Å². The largest absolute Gasteiger partial charge is 0.465 e. The van der Waals surface area contributed by atoms with Gasteiger partial charge in [0.1, 0.15) is 11.4 Å². The Morgan fingerprint density at radius 3 is 3.16 bits per heavy atom. The Morgan fingerprint density at radius 1 is 1.63 bits per heavy atom. The number of rotatable bonds is 4. The lowest BCUT2D eigenvalue weighted by atomic mass is 9.93. The third-order valence-corrected chi connectivity index (χ3v) is 3.62. The second kappa shape index (κ2) is 6.52. The van der Waals surface area contributed by atoms with Crippen LogP contribution in [-0.2, 0) is 4.74 Å². The molecule has 104 valence electrons. The van der Waals surface area contributed by atoms with Crippen LogP contribution in [0.15, 0.2) is 18.3 Å². The lowest BCUT2D eigenvalue weighted by Gasteiger charge is -2.29. The smallest absolute Gasteiger partial charge is 0.341 e. The monoisotopic (exact) mass is 263 g/mol. The number of carbonyl (C=O) groups excluding carboxylic acids is 1. The maximum atomic E-state index is 11.7. The number of ether oxygens (including phenoxy) is 1. The van der Waals surface area contributed by atoms with E-state index in [1.807, 2.05) is 0 Å². The molecule has 0 saturated carbocycles. The molecule has 1 aromatic heterocycles. The average molecular weight is 263 g/mol. The Morgan fingerprint density at radius 2 is 2.47 bits per heavy atom. The highest BCUT2D eigenvalue weighted by Crippen LogP contribution is 2.20. The molecule has 1 aromatic rings. The lowest BCUT2D eigenvalue weighted by molar-refractivity contribution is 0.0601. The number of hydrogen-bond donors (Lipinski definition) is 2. The van der Waals surface area contributed by atoms with Crippen molar-refractivity contribution in [3.8, 4) is 0 Å². The van der Waals surface area contributed by atoms with Gasteiger partial charge in [-0.25, -0.2) is 9.78 Å². The lowest BCUT2D eigenvalue weighted by Crippen LogP contribution is -2.39. The van der Waals surface area contributed by atoms with Crippen LogP contribution in [0.3, 0.4) is 0 Å². The van der Waals surface area contributed by atoms with Crippen LogP contribution in [-0.4, -0.2) is 37.2 Å². The van der Waals surface area contributed by atoms with E-state index in [0.717, 1.165) is 13.1 Å². The van der Waals surface area contributed by atoms with Crippen molar-refractivity contribution in [1.82, 2.24) is 10.3 Å². The highest BCUT2D eigenvalue weighted by Gasteiger charge is 2.22. The fourth-order valence-corrected chi connectivity index (χ4v) is 2.43. The van der Waals surface area contributed by atoms with Gasteiger partial charge in [0, 0.05) is 12.2 Å². The van der Waals surface area contributed by atoms with Gasteiger partial charge in [0.05, 0.1) is 7.11 Å². The van der Waals surface area contributed by atoms with Crippen LogP contribution < -0.4 is 10.6 Å². The molecule has 2 atom stereocenters. The summed E-state index contributed by atoms with van der Waals surface area (Å²) in [4.78, 5) is 15.9. The van der Waals surface area contributed by atoms with E-state index in [9.17, 15) is 4.79 Å². The van der Waals surface area contributed by atoms with Crippen molar-refractivity contribution in [3.63, 3.8) is 0 Å². The molecule has 1 aliphatic heterocycles. The van der Waals surface area contributed by atoms with Crippen molar-refractivity contribution in [2.75, 3.05) is 25.5 Å². The number of nitrogens with one attached hydrogen (secondary N) is 2. The molecule has 1 saturated heterocycles. The van der Waals surface area contributed by atoms with Gasteiger partial charge in [0.25, 0.3) is 0 Å². The number of pyridine rings is 1. The number of hydrogen-bond acceptors (Lipinski definition) is 5. The molecule has 0 bridgehead atoms. The highest BCUT2D eigenvalue weighted by molar-refractivity contribution is 5.94. The highest BCUT2D eigenvalue weighted by atomic mass is 16.5. The first-order valence-electron chi connectivity index (χ1n) is 6.73. The molecule has 1 fully saturated rings. The zero-order chi connectivity index (χ0) is 13.7. The molecule has 0 aromatic carbocycles. The first kappa shape index (κ1) is 13.8. The quantitative estimate of drug-likeness (QED) is 0.809. The van der Waals surface area contributed by atoms with Gasteiger partial charge in [-0.2, -0.15) is 0 Å². The van der Waals surface area contributed by atoms with Gasteiger partial charge in [-0.1, -0.05) is 0 Å². The molecule has 2 heterocycles. The summed E-state index contributed by atoms with van der Waals surface area (Å²) >= 11 is 0. The number of anilines is 1. The summed E-state index contributed by atoms with van der Waals surface area (Å²) in [5, 5.41) is 6.74. The predicted molar refractivity (Wildman–Crippen MR) is 74.3 cm³/mol. The molecule has 1 aliphatic rings. The van der Waals surface area contributed by atoms with E-state index in [-0.39, 0.29) is 12.0 Å². The average Bonchev–Trinajstić information content (AvgIpc) is 2.48. The molecular formula is C14H21N3O2. The molecule has 0 amide bonds. The third-order valence-electron chi connectivity index (χ3n) is 3.62. The van der Waals surface area contributed by atoms with Gasteiger partial charge in [0.15, 0.2) is 0 Å². The maximum absolute atomic E-state index is 11.7. The van der Waals surface area contributed by atoms with Crippen LogP contribution in [0, 0.1) is 5.92 Å². The summed E-state index contributed by atoms with van der Waals surface area (Å²) in [6.45, 7) is 4.24. The van der Waals surface area contributed by atoms with Crippen molar-refractivity contribution in [1.29, 1.82) is 0 Å². The Kier molecular flexibility index (Phi) is 4.74. The molecule has 0 radical (unpaired) electrons. The van der Waals surface area contributed by atoms with Crippen molar-refractivity contribution in [3.05, 3.63) is 23.9 Å². The van der Waals surface area contributed by atoms with Gasteiger partial charge >= 0.3 is 5.97 Å². The fourth-order valence-electron chi connectivity index (χ4n) is 2.43. The maximum Gasteiger partial charge on any atom is 0.341 e. The van der Waals surface area contributed by atoms with Crippen LogP contribution in [0.1, 0.15) is 30.1 Å². The van der Waals surface area contributed by atoms with Crippen molar-refractivity contribution >= 4 is 11.8 Å². The van der Waals surface area contributed by atoms with Crippen molar-refractivity contribution in [2.45, 2.75) is 25.8 Å². The topological polar surface area (TPSA) is 63.2 Å². The summed E-state index contributed by atoms with van der Waals surface area (Å²) in [6, 6.07) is 3.74. The van der Waals surface area contributed by atoms with Gasteiger partial charge in [0.2, 0.25) is 0 Å². The molecule has 19 heavy (non-hydrogen) atoms. The second-order valence-electron chi connectivity index (χ2n) is 4.93. The van der Waals surface area contributed by atoms with Crippen molar-refractivity contribution in [2.24, 2.45) is 5.92 Å². The van der Waals surface area contributed by atoms with E-state index >= 15 is 0 Å². The number of nitrogens with zero attached hydrogens (tertiary/aromatic N) is 1. The van der Waals surface area contributed by atoms with Crippen LogP contribution in [0.5, 0.6) is 0 Å².